The summed E-state index contributed by atoms with van der Waals surface area (Å²) in [5, 5.41) is 14.7. The number of hydrogen-bond donors (Lipinski definition) is 1. The number of tetrazole rings is 1. The van der Waals surface area contributed by atoms with Crippen LogP contribution in [0.1, 0.15) is 47.3 Å². The molecular formula is C24H25N5O5. The van der Waals surface area contributed by atoms with Crippen LogP contribution in [0.15, 0.2) is 53.7 Å². The van der Waals surface area contributed by atoms with E-state index in [1.807, 2.05) is 24.3 Å². The van der Waals surface area contributed by atoms with Gasteiger partial charge in [-0.2, -0.15) is 4.68 Å². The molecule has 2 heterocycles. The van der Waals surface area contributed by atoms with Crippen molar-refractivity contribution >= 4 is 17.7 Å². The molecule has 4 rings (SSSR count). The smallest absolute Gasteiger partial charge is 0.355 e. The van der Waals surface area contributed by atoms with Crippen molar-refractivity contribution in [1.29, 1.82) is 0 Å². The zero-order chi connectivity index (χ0) is 24.4. The Balaban J connectivity index is 1.91. The van der Waals surface area contributed by atoms with Crippen molar-refractivity contribution in [1.82, 2.24) is 20.2 Å². The number of hydrogen-bond acceptors (Lipinski definition) is 9. The van der Waals surface area contributed by atoms with Gasteiger partial charge < -0.3 is 19.5 Å². The first-order valence-electron chi connectivity index (χ1n) is 10.6. The molecule has 0 saturated carbocycles. The molecule has 176 valence electrons. The molecule has 0 spiro atoms. The number of nitrogens with one attached hydrogen (secondary N) is 1. The molecule has 34 heavy (non-hydrogen) atoms. The number of fused-ring (bicyclic) bond motifs is 1. The second-order valence-electron chi connectivity index (χ2n) is 7.98. The Labute approximate surface area is 196 Å². The van der Waals surface area contributed by atoms with Crippen LogP contribution in [0.25, 0.3) is 0 Å². The molecule has 1 aliphatic heterocycles. The summed E-state index contributed by atoms with van der Waals surface area (Å²) in [6.45, 7) is 4.19. The van der Waals surface area contributed by atoms with Crippen molar-refractivity contribution in [3.8, 4) is 11.5 Å². The normalized spacial score (nSPS) is 14.9. The predicted octanol–water partition coefficient (Wildman–Crippen LogP) is 3.14. The Morgan fingerprint density at radius 1 is 1.00 bits per heavy atom. The van der Waals surface area contributed by atoms with Crippen LogP contribution in [-0.4, -0.2) is 53.3 Å². The minimum Gasteiger partial charge on any atom is -0.493 e. The summed E-state index contributed by atoms with van der Waals surface area (Å²) in [6.07, 6.45) is 0. The fourth-order valence-corrected chi connectivity index (χ4v) is 3.89. The zero-order valence-electron chi connectivity index (χ0n) is 19.5. The van der Waals surface area contributed by atoms with Crippen molar-refractivity contribution in [3.63, 3.8) is 0 Å². The summed E-state index contributed by atoms with van der Waals surface area (Å²) in [5.41, 5.74) is 2.30. The van der Waals surface area contributed by atoms with E-state index in [2.05, 4.69) is 34.7 Å². The Bertz CT molecular complexity index is 1260. The molecule has 0 aliphatic carbocycles. The summed E-state index contributed by atoms with van der Waals surface area (Å²) in [6, 6.07) is 11.8. The fraction of sp³-hybridized carbons (Fsp3) is 0.292. The van der Waals surface area contributed by atoms with Crippen LogP contribution >= 0.6 is 0 Å². The van der Waals surface area contributed by atoms with E-state index in [0.717, 1.165) is 11.1 Å². The molecule has 0 fully saturated rings. The maximum atomic E-state index is 13.9. The molecule has 0 saturated heterocycles. The monoisotopic (exact) mass is 463 g/mol. The quantitative estimate of drug-likeness (QED) is 0.416. The molecule has 0 unspecified atom stereocenters. The maximum Gasteiger partial charge on any atom is 0.355 e. The van der Waals surface area contributed by atoms with Crippen molar-refractivity contribution in [2.75, 3.05) is 26.6 Å². The third-order valence-corrected chi connectivity index (χ3v) is 5.72. The molecule has 1 N–H and O–H groups in total. The maximum absolute atomic E-state index is 13.9. The number of carbonyl (C=O) groups is 2. The molecule has 1 atom stereocenters. The highest BCUT2D eigenvalue weighted by atomic mass is 16.5. The van der Waals surface area contributed by atoms with Crippen LogP contribution in [0.3, 0.4) is 0 Å². The van der Waals surface area contributed by atoms with Gasteiger partial charge in [-0.15, -0.1) is 0 Å². The average Bonchev–Trinajstić information content (AvgIpc) is 3.34. The van der Waals surface area contributed by atoms with Crippen LogP contribution in [0, 0.1) is 0 Å². The summed E-state index contributed by atoms with van der Waals surface area (Å²) in [5.74, 6) is 0.307. The van der Waals surface area contributed by atoms with Crippen LogP contribution in [-0.2, 0) is 9.53 Å². The van der Waals surface area contributed by atoms with E-state index in [-0.39, 0.29) is 17.2 Å². The van der Waals surface area contributed by atoms with Gasteiger partial charge in [-0.3, -0.25) is 4.79 Å². The molecule has 10 nitrogen and oxygen atoms in total. The number of aromatic nitrogens is 4. The van der Waals surface area contributed by atoms with Crippen LogP contribution < -0.4 is 14.8 Å². The Morgan fingerprint density at radius 2 is 1.71 bits per heavy atom. The van der Waals surface area contributed by atoms with E-state index in [0.29, 0.717) is 23.0 Å². The number of esters is 1. The van der Waals surface area contributed by atoms with E-state index in [4.69, 9.17) is 14.2 Å². The van der Waals surface area contributed by atoms with Gasteiger partial charge in [0.25, 0.3) is 0 Å². The molecular weight excluding hydrogens is 438 g/mol. The third-order valence-electron chi connectivity index (χ3n) is 5.72. The van der Waals surface area contributed by atoms with Crippen molar-refractivity contribution < 1.29 is 23.8 Å². The molecule has 2 aromatic carbocycles. The standard InChI is InChI=1S/C24H25N5O5/c1-13(2)14-6-8-15(9-7-14)21-19(20(23(31)34-5)25-24-26-27-28-29(21)24)22(30)16-10-11-17(32-3)18(12-16)33-4/h6-13,21H,1-5H3,(H,25,26,28)/t21-/m0/s1. The van der Waals surface area contributed by atoms with Gasteiger partial charge in [-0.05, 0) is 45.7 Å². The zero-order valence-corrected chi connectivity index (χ0v) is 19.5. The number of nitrogens with zero attached hydrogens (tertiary/aromatic N) is 4. The number of benzene rings is 2. The SMILES string of the molecule is COC(=O)C1=C(C(=O)c2ccc(OC)c(OC)c2)[C@H](c2ccc(C(C)C)cc2)n2nnnc2N1. The fourth-order valence-electron chi connectivity index (χ4n) is 3.89. The Hall–Kier alpha value is -4.21. The largest absolute Gasteiger partial charge is 0.493 e. The van der Waals surface area contributed by atoms with Gasteiger partial charge in [0.1, 0.15) is 11.7 Å². The lowest BCUT2D eigenvalue weighted by Gasteiger charge is -2.28. The molecule has 0 radical (unpaired) electrons. The topological polar surface area (TPSA) is 117 Å². The highest BCUT2D eigenvalue weighted by Crippen LogP contribution is 2.38. The first-order valence-corrected chi connectivity index (χ1v) is 10.6. The number of rotatable bonds is 7. The van der Waals surface area contributed by atoms with Crippen molar-refractivity contribution in [2.24, 2.45) is 0 Å². The van der Waals surface area contributed by atoms with Crippen molar-refractivity contribution in [3.05, 3.63) is 70.4 Å². The number of Topliss-reactive ketones (excluding diaryl/α,β-unsaturated/α-hetero) is 1. The van der Waals surface area contributed by atoms with Gasteiger partial charge >= 0.3 is 5.97 Å². The minimum absolute atomic E-state index is 0.0254. The highest BCUT2D eigenvalue weighted by molar-refractivity contribution is 6.15. The number of allylic oxidation sites excluding steroid dienone is 1. The van der Waals surface area contributed by atoms with Crippen molar-refractivity contribution in [2.45, 2.75) is 25.8 Å². The Morgan fingerprint density at radius 3 is 2.32 bits per heavy atom. The lowest BCUT2D eigenvalue weighted by Crippen LogP contribution is -2.33. The van der Waals surface area contributed by atoms with Crippen LogP contribution in [0.5, 0.6) is 11.5 Å². The number of ketones is 1. The van der Waals surface area contributed by atoms with Crippen LogP contribution in [0.4, 0.5) is 5.95 Å². The van der Waals surface area contributed by atoms with E-state index in [1.54, 1.807) is 18.2 Å². The minimum atomic E-state index is -0.762. The van der Waals surface area contributed by atoms with Gasteiger partial charge in [-0.1, -0.05) is 43.2 Å². The number of anilines is 1. The third kappa shape index (κ3) is 3.98. The van der Waals surface area contributed by atoms with Crippen LogP contribution in [0.2, 0.25) is 0 Å². The van der Waals surface area contributed by atoms with Gasteiger partial charge in [0.05, 0.1) is 26.9 Å². The number of carbonyl (C=O) groups excluding carboxylic acids is 2. The first-order chi connectivity index (χ1) is 16.4. The second-order valence-corrected chi connectivity index (χ2v) is 7.98. The molecule has 3 aromatic rings. The van der Waals surface area contributed by atoms with Gasteiger partial charge in [0.2, 0.25) is 5.95 Å². The molecule has 10 heteroatoms. The summed E-state index contributed by atoms with van der Waals surface area (Å²) in [7, 11) is 4.25. The summed E-state index contributed by atoms with van der Waals surface area (Å²) in [4.78, 5) is 26.7. The van der Waals surface area contributed by atoms with E-state index < -0.39 is 17.8 Å². The molecule has 1 aliphatic rings. The molecule has 1 aromatic heterocycles. The first kappa shape index (κ1) is 23.0. The lowest BCUT2D eigenvalue weighted by molar-refractivity contribution is -0.136. The van der Waals surface area contributed by atoms with Gasteiger partial charge in [0.15, 0.2) is 17.3 Å². The second kappa shape index (κ2) is 9.34. The van der Waals surface area contributed by atoms with E-state index in [1.165, 1.54) is 26.0 Å². The molecule has 0 bridgehead atoms. The van der Waals surface area contributed by atoms with E-state index >= 15 is 0 Å². The Kier molecular flexibility index (Phi) is 6.31. The van der Waals surface area contributed by atoms with Gasteiger partial charge in [0, 0.05) is 5.56 Å². The number of ether oxygens (including phenoxy) is 3. The summed E-state index contributed by atoms with van der Waals surface area (Å²) >= 11 is 0. The molecule has 0 amide bonds. The van der Waals surface area contributed by atoms with Gasteiger partial charge in [-0.25, -0.2) is 4.79 Å². The highest BCUT2D eigenvalue weighted by Gasteiger charge is 2.38. The lowest BCUT2D eigenvalue weighted by atomic mass is 9.88. The van der Waals surface area contributed by atoms with E-state index in [9.17, 15) is 9.59 Å². The number of methoxy groups -OCH3 is 3. The predicted molar refractivity (Wildman–Crippen MR) is 123 cm³/mol. The summed E-state index contributed by atoms with van der Waals surface area (Å²) < 4.78 is 17.1. The average molecular weight is 463 g/mol.